The third kappa shape index (κ3) is 5.79. The van der Waals surface area contributed by atoms with Crippen LogP contribution in [0.5, 0.6) is 0 Å². The summed E-state index contributed by atoms with van der Waals surface area (Å²) in [6.45, 7) is 10.1. The van der Waals surface area contributed by atoms with Crippen molar-refractivity contribution in [2.24, 2.45) is 5.73 Å². The highest BCUT2D eigenvalue weighted by Gasteiger charge is 2.07. The number of hydrogen-bond acceptors (Lipinski definition) is 3. The Balaban J connectivity index is 3.15. The minimum atomic E-state index is -0.228. The van der Waals surface area contributed by atoms with E-state index < -0.39 is 0 Å². The summed E-state index contributed by atoms with van der Waals surface area (Å²) >= 11 is 0. The van der Waals surface area contributed by atoms with E-state index in [1.54, 1.807) is 0 Å². The molecule has 0 amide bonds. The second-order valence-corrected chi connectivity index (χ2v) is 6.14. The van der Waals surface area contributed by atoms with Gasteiger partial charge in [0.25, 0.3) is 0 Å². The third-order valence-electron chi connectivity index (χ3n) is 4.08. The first-order valence-corrected chi connectivity index (χ1v) is 8.44. The summed E-state index contributed by atoms with van der Waals surface area (Å²) in [4.78, 5) is 11.4. The molecule has 0 saturated carbocycles. The Hall–Kier alpha value is -2.55. The van der Waals surface area contributed by atoms with E-state index in [2.05, 4.69) is 45.1 Å². The van der Waals surface area contributed by atoms with Crippen molar-refractivity contribution >= 4 is 11.5 Å². The fourth-order valence-corrected chi connectivity index (χ4v) is 2.62. The van der Waals surface area contributed by atoms with Crippen molar-refractivity contribution in [3.05, 3.63) is 76.0 Å². The maximum absolute atomic E-state index is 11.4. The molecular formula is C22H29NO2. The number of aryl methyl sites for hydroxylation is 1. The van der Waals surface area contributed by atoms with E-state index in [-0.39, 0.29) is 5.97 Å². The Kier molecular flexibility index (Phi) is 7.93. The zero-order chi connectivity index (χ0) is 19.0. The van der Waals surface area contributed by atoms with Crippen LogP contribution in [0.2, 0.25) is 0 Å². The monoisotopic (exact) mass is 339 g/mol. The average molecular weight is 339 g/mol. The van der Waals surface area contributed by atoms with Crippen LogP contribution in [-0.4, -0.2) is 13.1 Å². The van der Waals surface area contributed by atoms with Crippen LogP contribution >= 0.6 is 0 Å². The van der Waals surface area contributed by atoms with Gasteiger partial charge in [0.2, 0.25) is 0 Å². The predicted molar refractivity (Wildman–Crippen MR) is 106 cm³/mol. The Morgan fingerprint density at radius 1 is 1.16 bits per heavy atom. The van der Waals surface area contributed by atoms with E-state index >= 15 is 0 Å². The van der Waals surface area contributed by atoms with Crippen molar-refractivity contribution < 1.29 is 9.53 Å². The highest BCUT2D eigenvalue weighted by Crippen LogP contribution is 2.23. The van der Waals surface area contributed by atoms with Crippen LogP contribution in [0.4, 0.5) is 0 Å². The highest BCUT2D eigenvalue weighted by atomic mass is 16.5. The van der Waals surface area contributed by atoms with Gasteiger partial charge in [-0.25, -0.2) is 0 Å². The summed E-state index contributed by atoms with van der Waals surface area (Å²) in [5.74, 6) is -0.228. The molecular weight excluding hydrogens is 310 g/mol. The molecule has 0 bridgehead atoms. The van der Waals surface area contributed by atoms with Crippen LogP contribution in [0.3, 0.4) is 0 Å². The van der Waals surface area contributed by atoms with E-state index in [0.29, 0.717) is 6.42 Å². The number of methoxy groups -OCH3 is 1. The number of allylic oxidation sites excluding steroid dienone is 6. The summed E-state index contributed by atoms with van der Waals surface area (Å²) in [5.41, 5.74) is 13.4. The topological polar surface area (TPSA) is 52.3 Å². The second kappa shape index (κ2) is 9.67. The molecule has 0 heterocycles. The lowest BCUT2D eigenvalue weighted by atomic mass is 9.96. The van der Waals surface area contributed by atoms with Gasteiger partial charge >= 0.3 is 5.97 Å². The van der Waals surface area contributed by atoms with Crippen molar-refractivity contribution in [1.29, 1.82) is 0 Å². The van der Waals surface area contributed by atoms with Crippen LogP contribution in [-0.2, 0) is 16.0 Å². The minimum absolute atomic E-state index is 0.228. The van der Waals surface area contributed by atoms with Crippen molar-refractivity contribution in [3.63, 3.8) is 0 Å². The number of hydrogen-bond donors (Lipinski definition) is 1. The van der Waals surface area contributed by atoms with Gasteiger partial charge in [0.1, 0.15) is 0 Å². The van der Waals surface area contributed by atoms with Crippen LogP contribution in [0.15, 0.2) is 59.3 Å². The average Bonchev–Trinajstić information content (AvgIpc) is 2.58. The molecule has 0 saturated heterocycles. The predicted octanol–water partition coefficient (Wildman–Crippen LogP) is 4.87. The standard InChI is InChI=1S/C22H29NO2/c1-7-18(10-12-19(15(3)4)21(23)8-2)20-11-9-17(13-16(20)5)14-22(24)25-6/h7-13H,14,23H2,1-6H3/b12-10-,18-7+,21-8-. The summed E-state index contributed by atoms with van der Waals surface area (Å²) in [6.07, 6.45) is 8.42. The molecule has 0 aromatic heterocycles. The van der Waals surface area contributed by atoms with Gasteiger partial charge in [-0.1, -0.05) is 48.1 Å². The summed E-state index contributed by atoms with van der Waals surface area (Å²) < 4.78 is 4.73. The lowest BCUT2D eigenvalue weighted by Crippen LogP contribution is -2.05. The molecule has 0 aliphatic rings. The lowest BCUT2D eigenvalue weighted by Gasteiger charge is -2.10. The number of carbonyl (C=O) groups is 1. The van der Waals surface area contributed by atoms with Gasteiger partial charge in [-0.15, -0.1) is 0 Å². The lowest BCUT2D eigenvalue weighted by molar-refractivity contribution is -0.139. The van der Waals surface area contributed by atoms with Gasteiger partial charge in [0.15, 0.2) is 0 Å². The molecule has 0 atom stereocenters. The molecule has 1 aromatic rings. The number of rotatable bonds is 6. The SMILES string of the molecule is C/C=C(\N)C(/C=C\C(=C/C)c1ccc(CC(=O)OC)cc1C)=C(C)C. The van der Waals surface area contributed by atoms with Crippen molar-refractivity contribution in [3.8, 4) is 0 Å². The fourth-order valence-electron chi connectivity index (χ4n) is 2.62. The van der Waals surface area contributed by atoms with Crippen LogP contribution < -0.4 is 5.73 Å². The van der Waals surface area contributed by atoms with Gasteiger partial charge in [0.05, 0.1) is 13.5 Å². The molecule has 1 aromatic carbocycles. The van der Waals surface area contributed by atoms with Crippen LogP contribution in [0, 0.1) is 6.92 Å². The summed E-state index contributed by atoms with van der Waals surface area (Å²) in [5, 5.41) is 0. The largest absolute Gasteiger partial charge is 0.469 e. The quantitative estimate of drug-likeness (QED) is 0.594. The minimum Gasteiger partial charge on any atom is -0.469 e. The zero-order valence-corrected chi connectivity index (χ0v) is 16.1. The van der Waals surface area contributed by atoms with Gasteiger partial charge in [-0.05, 0) is 62.5 Å². The number of benzene rings is 1. The smallest absolute Gasteiger partial charge is 0.309 e. The number of ether oxygens (including phenoxy) is 1. The van der Waals surface area contributed by atoms with Crippen molar-refractivity contribution in [2.75, 3.05) is 7.11 Å². The third-order valence-corrected chi connectivity index (χ3v) is 4.08. The van der Waals surface area contributed by atoms with Gasteiger partial charge in [-0.3, -0.25) is 4.79 Å². The van der Waals surface area contributed by atoms with E-state index in [9.17, 15) is 4.79 Å². The van der Waals surface area contributed by atoms with E-state index in [0.717, 1.165) is 33.5 Å². The molecule has 0 spiro atoms. The molecule has 3 nitrogen and oxygen atoms in total. The molecule has 0 aliphatic carbocycles. The molecule has 1 rings (SSSR count). The molecule has 134 valence electrons. The number of esters is 1. The number of carbonyl (C=O) groups excluding carboxylic acids is 1. The normalized spacial score (nSPS) is 12.4. The first-order valence-electron chi connectivity index (χ1n) is 8.44. The van der Waals surface area contributed by atoms with Crippen LogP contribution in [0.25, 0.3) is 5.57 Å². The molecule has 25 heavy (non-hydrogen) atoms. The van der Waals surface area contributed by atoms with E-state index in [1.165, 1.54) is 12.7 Å². The molecule has 3 heteroatoms. The molecule has 0 unspecified atom stereocenters. The van der Waals surface area contributed by atoms with E-state index in [4.69, 9.17) is 10.5 Å². The Morgan fingerprint density at radius 2 is 1.84 bits per heavy atom. The first-order chi connectivity index (χ1) is 11.8. The molecule has 0 radical (unpaired) electrons. The van der Waals surface area contributed by atoms with Crippen molar-refractivity contribution in [1.82, 2.24) is 0 Å². The first kappa shape index (κ1) is 20.5. The molecule has 0 fully saturated rings. The van der Waals surface area contributed by atoms with Gasteiger partial charge < -0.3 is 10.5 Å². The second-order valence-electron chi connectivity index (χ2n) is 6.14. The summed E-state index contributed by atoms with van der Waals surface area (Å²) in [6, 6.07) is 6.05. The van der Waals surface area contributed by atoms with E-state index in [1.807, 2.05) is 32.1 Å². The maximum Gasteiger partial charge on any atom is 0.309 e. The Labute approximate surface area is 151 Å². The van der Waals surface area contributed by atoms with Gasteiger partial charge in [0, 0.05) is 5.70 Å². The molecule has 0 aliphatic heterocycles. The highest BCUT2D eigenvalue weighted by molar-refractivity contribution is 5.78. The van der Waals surface area contributed by atoms with Crippen LogP contribution in [0.1, 0.15) is 44.4 Å². The summed E-state index contributed by atoms with van der Waals surface area (Å²) in [7, 11) is 1.41. The Bertz CT molecular complexity index is 745. The zero-order valence-electron chi connectivity index (χ0n) is 16.1. The fraction of sp³-hybridized carbons (Fsp3) is 0.318. The number of nitrogens with two attached hydrogens (primary N) is 1. The maximum atomic E-state index is 11.4. The molecule has 2 N–H and O–H groups in total. The van der Waals surface area contributed by atoms with Crippen molar-refractivity contribution in [2.45, 2.75) is 41.0 Å². The Morgan fingerprint density at radius 3 is 2.32 bits per heavy atom. The van der Waals surface area contributed by atoms with Gasteiger partial charge in [-0.2, -0.15) is 0 Å².